The first kappa shape index (κ1) is 14.4. The van der Waals surface area contributed by atoms with Gasteiger partial charge in [0.15, 0.2) is 0 Å². The molecule has 21 heavy (non-hydrogen) atoms. The van der Waals surface area contributed by atoms with E-state index in [1.54, 1.807) is 11.3 Å². The Morgan fingerprint density at radius 2 is 2.10 bits per heavy atom. The van der Waals surface area contributed by atoms with E-state index in [9.17, 15) is 0 Å². The summed E-state index contributed by atoms with van der Waals surface area (Å²) in [5.74, 6) is 1.10. The van der Waals surface area contributed by atoms with Gasteiger partial charge in [0, 0.05) is 30.0 Å². The van der Waals surface area contributed by atoms with Crippen LogP contribution in [0.3, 0.4) is 0 Å². The first-order valence-corrected chi connectivity index (χ1v) is 8.46. The van der Waals surface area contributed by atoms with Crippen molar-refractivity contribution in [3.63, 3.8) is 0 Å². The molecule has 0 amide bonds. The average molecular weight is 299 g/mol. The molecular weight excluding hydrogens is 278 g/mol. The van der Waals surface area contributed by atoms with Crippen LogP contribution in [-0.4, -0.2) is 6.04 Å². The number of thiophene rings is 1. The lowest BCUT2D eigenvalue weighted by molar-refractivity contribution is 0.520. The van der Waals surface area contributed by atoms with Crippen LogP contribution in [0.25, 0.3) is 11.0 Å². The quantitative estimate of drug-likeness (QED) is 0.708. The zero-order valence-electron chi connectivity index (χ0n) is 12.6. The molecular formula is C18H21NOS. The monoisotopic (exact) mass is 299 g/mol. The highest BCUT2D eigenvalue weighted by Gasteiger charge is 2.13. The summed E-state index contributed by atoms with van der Waals surface area (Å²) in [5.41, 5.74) is 3.72. The topological polar surface area (TPSA) is 25.2 Å². The molecule has 1 atom stereocenters. The minimum Gasteiger partial charge on any atom is -0.461 e. The molecule has 0 saturated heterocycles. The fourth-order valence-corrected chi connectivity index (χ4v) is 3.42. The summed E-state index contributed by atoms with van der Waals surface area (Å²) in [6, 6.07) is 11.0. The number of fused-ring (bicyclic) bond motifs is 1. The molecule has 3 rings (SSSR count). The van der Waals surface area contributed by atoms with Gasteiger partial charge in [-0.2, -0.15) is 11.3 Å². The summed E-state index contributed by atoms with van der Waals surface area (Å²) >= 11 is 1.76. The molecule has 2 nitrogen and oxygen atoms in total. The molecule has 0 spiro atoms. The highest BCUT2D eigenvalue weighted by atomic mass is 32.1. The van der Waals surface area contributed by atoms with Gasteiger partial charge in [0.25, 0.3) is 0 Å². The fourth-order valence-electron chi connectivity index (χ4n) is 2.74. The smallest absolute Gasteiger partial charge is 0.134 e. The van der Waals surface area contributed by atoms with Crippen molar-refractivity contribution in [1.82, 2.24) is 5.32 Å². The van der Waals surface area contributed by atoms with Crippen molar-refractivity contribution in [2.24, 2.45) is 0 Å². The van der Waals surface area contributed by atoms with Crippen LogP contribution in [0.5, 0.6) is 0 Å². The Morgan fingerprint density at radius 1 is 1.24 bits per heavy atom. The highest BCUT2D eigenvalue weighted by Crippen LogP contribution is 2.26. The van der Waals surface area contributed by atoms with E-state index in [0.717, 1.165) is 30.7 Å². The normalized spacial score (nSPS) is 12.9. The summed E-state index contributed by atoms with van der Waals surface area (Å²) in [6.45, 7) is 5.26. The van der Waals surface area contributed by atoms with Gasteiger partial charge in [0.2, 0.25) is 0 Å². The molecule has 0 bridgehead atoms. The molecule has 0 aliphatic heterocycles. The van der Waals surface area contributed by atoms with E-state index in [-0.39, 0.29) is 0 Å². The molecule has 0 aliphatic carbocycles. The Morgan fingerprint density at radius 3 is 2.86 bits per heavy atom. The third kappa shape index (κ3) is 3.20. The molecule has 0 radical (unpaired) electrons. The van der Waals surface area contributed by atoms with E-state index in [0.29, 0.717) is 6.04 Å². The van der Waals surface area contributed by atoms with E-state index in [4.69, 9.17) is 4.42 Å². The summed E-state index contributed by atoms with van der Waals surface area (Å²) in [6.07, 6.45) is 2.01. The SMILES string of the molecule is CCc1oc2ccccc2c1CNC(C)Cc1ccsc1. The van der Waals surface area contributed by atoms with Gasteiger partial charge < -0.3 is 9.73 Å². The molecule has 1 N–H and O–H groups in total. The number of para-hydroxylation sites is 1. The number of furan rings is 1. The number of benzene rings is 1. The zero-order valence-corrected chi connectivity index (χ0v) is 13.4. The molecule has 2 aromatic heterocycles. The van der Waals surface area contributed by atoms with E-state index >= 15 is 0 Å². The minimum absolute atomic E-state index is 0.456. The van der Waals surface area contributed by atoms with Crippen molar-refractivity contribution in [3.05, 3.63) is 58.0 Å². The summed E-state index contributed by atoms with van der Waals surface area (Å²) < 4.78 is 5.95. The van der Waals surface area contributed by atoms with Gasteiger partial charge in [-0.1, -0.05) is 25.1 Å². The first-order valence-electron chi connectivity index (χ1n) is 7.51. The molecule has 3 heteroatoms. The van der Waals surface area contributed by atoms with Crippen LogP contribution in [-0.2, 0) is 19.4 Å². The average Bonchev–Trinajstić information content (AvgIpc) is 3.12. The lowest BCUT2D eigenvalue weighted by Crippen LogP contribution is -2.27. The maximum atomic E-state index is 5.95. The minimum atomic E-state index is 0.456. The van der Waals surface area contributed by atoms with Crippen LogP contribution < -0.4 is 5.32 Å². The lowest BCUT2D eigenvalue weighted by atomic mass is 10.1. The van der Waals surface area contributed by atoms with Crippen molar-refractivity contribution in [2.75, 3.05) is 0 Å². The van der Waals surface area contributed by atoms with Gasteiger partial charge in [-0.25, -0.2) is 0 Å². The second-order valence-corrected chi connectivity index (χ2v) is 6.25. The maximum Gasteiger partial charge on any atom is 0.134 e. The lowest BCUT2D eigenvalue weighted by Gasteiger charge is -2.13. The number of rotatable bonds is 6. The van der Waals surface area contributed by atoms with E-state index in [2.05, 4.69) is 48.1 Å². The second-order valence-electron chi connectivity index (χ2n) is 5.47. The largest absolute Gasteiger partial charge is 0.461 e. The van der Waals surface area contributed by atoms with Crippen LogP contribution in [0.15, 0.2) is 45.5 Å². The first-order chi connectivity index (χ1) is 10.3. The fraction of sp³-hybridized carbons (Fsp3) is 0.333. The van der Waals surface area contributed by atoms with Gasteiger partial charge in [-0.15, -0.1) is 0 Å². The Balaban J connectivity index is 1.72. The predicted octanol–water partition coefficient (Wildman–Crippen LogP) is 4.78. The maximum absolute atomic E-state index is 5.95. The molecule has 0 saturated carbocycles. The van der Waals surface area contributed by atoms with Crippen LogP contribution in [0.1, 0.15) is 30.7 Å². The van der Waals surface area contributed by atoms with Crippen LogP contribution in [0.2, 0.25) is 0 Å². The zero-order chi connectivity index (χ0) is 14.7. The van der Waals surface area contributed by atoms with E-state index in [1.807, 2.05) is 12.1 Å². The number of hydrogen-bond acceptors (Lipinski definition) is 3. The van der Waals surface area contributed by atoms with Crippen LogP contribution in [0.4, 0.5) is 0 Å². The van der Waals surface area contributed by atoms with Gasteiger partial charge in [-0.3, -0.25) is 0 Å². The third-order valence-electron chi connectivity index (χ3n) is 3.85. The Hall–Kier alpha value is -1.58. The summed E-state index contributed by atoms with van der Waals surface area (Å²) in [7, 11) is 0. The number of nitrogens with one attached hydrogen (secondary N) is 1. The molecule has 110 valence electrons. The van der Waals surface area contributed by atoms with Crippen molar-refractivity contribution in [1.29, 1.82) is 0 Å². The van der Waals surface area contributed by atoms with Crippen molar-refractivity contribution < 1.29 is 4.42 Å². The van der Waals surface area contributed by atoms with Gasteiger partial charge in [-0.05, 0) is 41.8 Å². The summed E-state index contributed by atoms with van der Waals surface area (Å²) in [4.78, 5) is 0. The van der Waals surface area contributed by atoms with Gasteiger partial charge in [0.05, 0.1) is 0 Å². The number of aryl methyl sites for hydroxylation is 1. The molecule has 3 aromatic rings. The molecule has 1 aromatic carbocycles. The highest BCUT2D eigenvalue weighted by molar-refractivity contribution is 7.07. The predicted molar refractivity (Wildman–Crippen MR) is 89.9 cm³/mol. The van der Waals surface area contributed by atoms with E-state index in [1.165, 1.54) is 16.5 Å². The van der Waals surface area contributed by atoms with Crippen molar-refractivity contribution in [2.45, 2.75) is 39.3 Å². The van der Waals surface area contributed by atoms with Crippen LogP contribution >= 0.6 is 11.3 Å². The van der Waals surface area contributed by atoms with Crippen molar-refractivity contribution >= 4 is 22.3 Å². The third-order valence-corrected chi connectivity index (χ3v) is 4.58. The van der Waals surface area contributed by atoms with Gasteiger partial charge >= 0.3 is 0 Å². The Labute approximate surface area is 129 Å². The molecule has 1 unspecified atom stereocenters. The summed E-state index contributed by atoms with van der Waals surface area (Å²) in [5, 5.41) is 9.24. The van der Waals surface area contributed by atoms with Crippen LogP contribution in [0, 0.1) is 0 Å². The molecule has 2 heterocycles. The van der Waals surface area contributed by atoms with Gasteiger partial charge in [0.1, 0.15) is 11.3 Å². The Bertz CT molecular complexity index is 699. The van der Waals surface area contributed by atoms with Crippen molar-refractivity contribution in [3.8, 4) is 0 Å². The standard InChI is InChI=1S/C18H21NOS/c1-3-17-16(15-6-4-5-7-18(15)20-17)11-19-13(2)10-14-8-9-21-12-14/h4-9,12-13,19H,3,10-11H2,1-2H3. The molecule has 0 aliphatic rings. The second kappa shape index (κ2) is 6.46. The Kier molecular flexibility index (Phi) is 4.42. The molecule has 0 fully saturated rings. The number of hydrogen-bond donors (Lipinski definition) is 1. The van der Waals surface area contributed by atoms with E-state index < -0.39 is 0 Å².